The van der Waals surface area contributed by atoms with Gasteiger partial charge < -0.3 is 24.3 Å². The second kappa shape index (κ2) is 7.71. The smallest absolute Gasteiger partial charge is 0.161 e. The fraction of sp³-hybridized carbons (Fsp3) is 0.375. The summed E-state index contributed by atoms with van der Waals surface area (Å²) in [6.45, 7) is 2.98. The molecule has 1 atom stereocenters. The highest BCUT2D eigenvalue weighted by Crippen LogP contribution is 2.28. The van der Waals surface area contributed by atoms with E-state index in [1.807, 2.05) is 30.3 Å². The van der Waals surface area contributed by atoms with Gasteiger partial charge in [0, 0.05) is 6.54 Å². The lowest BCUT2D eigenvalue weighted by molar-refractivity contribution is 0.196. The summed E-state index contributed by atoms with van der Waals surface area (Å²) in [5.74, 6) is 2.20. The largest absolute Gasteiger partial charge is 0.493 e. The summed E-state index contributed by atoms with van der Waals surface area (Å²) in [6.07, 6.45) is 1.67. The molecule has 1 heterocycles. The molecule has 0 fully saturated rings. The summed E-state index contributed by atoms with van der Waals surface area (Å²) in [7, 11) is 1.60. The lowest BCUT2D eigenvalue weighted by atomic mass is 10.1. The number of hydrogen-bond donors (Lipinski definition) is 2. The molecule has 0 radical (unpaired) electrons. The summed E-state index contributed by atoms with van der Waals surface area (Å²) in [4.78, 5) is 0. The highest BCUT2D eigenvalue weighted by molar-refractivity contribution is 5.43. The van der Waals surface area contributed by atoms with Crippen molar-refractivity contribution in [1.29, 1.82) is 0 Å². The van der Waals surface area contributed by atoms with E-state index in [9.17, 15) is 0 Å². The average molecular weight is 291 g/mol. The number of furan rings is 1. The number of nitrogens with one attached hydrogen (secondary N) is 1. The van der Waals surface area contributed by atoms with E-state index in [4.69, 9.17) is 19.0 Å². The minimum absolute atomic E-state index is 0.0207. The number of methoxy groups -OCH3 is 1. The van der Waals surface area contributed by atoms with Crippen molar-refractivity contribution in [2.75, 3.05) is 20.3 Å². The lowest BCUT2D eigenvalue weighted by Crippen LogP contribution is -2.17. The average Bonchev–Trinajstić information content (AvgIpc) is 3.05. The Labute approximate surface area is 124 Å². The highest BCUT2D eigenvalue weighted by atomic mass is 16.5. The van der Waals surface area contributed by atoms with E-state index in [1.165, 1.54) is 0 Å². The number of hydrogen-bond acceptors (Lipinski definition) is 5. The number of ether oxygens (including phenoxy) is 2. The van der Waals surface area contributed by atoms with Gasteiger partial charge in [0.2, 0.25) is 0 Å². The van der Waals surface area contributed by atoms with Crippen LogP contribution in [0.3, 0.4) is 0 Å². The van der Waals surface area contributed by atoms with Crippen LogP contribution in [-0.4, -0.2) is 25.4 Å². The predicted octanol–water partition coefficient (Wildman–Crippen LogP) is 2.51. The van der Waals surface area contributed by atoms with Gasteiger partial charge in [-0.2, -0.15) is 0 Å². The van der Waals surface area contributed by atoms with Crippen molar-refractivity contribution in [3.05, 3.63) is 47.9 Å². The Balaban J connectivity index is 1.97. The Morgan fingerprint density at radius 1 is 1.29 bits per heavy atom. The van der Waals surface area contributed by atoms with Gasteiger partial charge in [-0.05, 0) is 36.8 Å². The Morgan fingerprint density at radius 2 is 2.14 bits per heavy atom. The maximum absolute atomic E-state index is 8.80. The molecule has 0 aliphatic heterocycles. The molecule has 0 aliphatic rings. The first-order valence-electron chi connectivity index (χ1n) is 6.92. The molecule has 0 spiro atoms. The van der Waals surface area contributed by atoms with Gasteiger partial charge in [0.05, 0.1) is 26.0 Å². The molecule has 1 aromatic carbocycles. The van der Waals surface area contributed by atoms with Gasteiger partial charge in [-0.15, -0.1) is 0 Å². The van der Waals surface area contributed by atoms with Gasteiger partial charge in [0.25, 0.3) is 0 Å². The molecule has 0 saturated carbocycles. The fourth-order valence-corrected chi connectivity index (χ4v) is 2.01. The normalized spacial score (nSPS) is 12.1. The molecule has 1 unspecified atom stereocenters. The minimum Gasteiger partial charge on any atom is -0.493 e. The maximum Gasteiger partial charge on any atom is 0.161 e. The first-order chi connectivity index (χ1) is 10.2. The van der Waals surface area contributed by atoms with E-state index in [1.54, 1.807) is 13.4 Å². The summed E-state index contributed by atoms with van der Waals surface area (Å²) in [6, 6.07) is 9.71. The van der Waals surface area contributed by atoms with Crippen LogP contribution in [0.2, 0.25) is 0 Å². The molecule has 0 saturated heterocycles. The van der Waals surface area contributed by atoms with Crippen molar-refractivity contribution < 1.29 is 19.0 Å². The molecular weight excluding hydrogens is 270 g/mol. The van der Waals surface area contributed by atoms with E-state index in [0.29, 0.717) is 18.0 Å². The number of rotatable bonds is 8. The Bertz CT molecular complexity index is 539. The number of aliphatic hydroxyl groups is 1. The molecule has 2 aromatic rings. The van der Waals surface area contributed by atoms with Crippen LogP contribution >= 0.6 is 0 Å². The van der Waals surface area contributed by atoms with Crippen LogP contribution in [0.4, 0.5) is 0 Å². The molecule has 114 valence electrons. The molecule has 5 heteroatoms. The van der Waals surface area contributed by atoms with Crippen LogP contribution in [0.25, 0.3) is 0 Å². The van der Waals surface area contributed by atoms with E-state index >= 15 is 0 Å². The Hall–Kier alpha value is -1.98. The summed E-state index contributed by atoms with van der Waals surface area (Å²) in [5.41, 5.74) is 1.08. The molecule has 0 aliphatic carbocycles. The molecule has 0 bridgehead atoms. The van der Waals surface area contributed by atoms with Gasteiger partial charge >= 0.3 is 0 Å². The molecule has 2 N–H and O–H groups in total. The molecule has 2 rings (SSSR count). The van der Waals surface area contributed by atoms with Crippen molar-refractivity contribution in [2.24, 2.45) is 0 Å². The van der Waals surface area contributed by atoms with Crippen LogP contribution in [0, 0.1) is 0 Å². The van der Waals surface area contributed by atoms with Crippen LogP contribution in [-0.2, 0) is 6.54 Å². The predicted molar refractivity (Wildman–Crippen MR) is 79.5 cm³/mol. The van der Waals surface area contributed by atoms with Crippen LogP contribution in [0.1, 0.15) is 24.3 Å². The zero-order valence-corrected chi connectivity index (χ0v) is 12.3. The van der Waals surface area contributed by atoms with Crippen molar-refractivity contribution >= 4 is 0 Å². The number of aliphatic hydroxyl groups excluding tert-OH is 1. The monoisotopic (exact) mass is 291 g/mol. The SMILES string of the molecule is COc1cc(CNC(C)c2ccco2)ccc1OCCO. The molecule has 21 heavy (non-hydrogen) atoms. The van der Waals surface area contributed by atoms with Crippen molar-refractivity contribution in [3.63, 3.8) is 0 Å². The summed E-state index contributed by atoms with van der Waals surface area (Å²) < 4.78 is 16.1. The van der Waals surface area contributed by atoms with Gasteiger partial charge in [-0.25, -0.2) is 0 Å². The molecule has 5 nitrogen and oxygen atoms in total. The topological polar surface area (TPSA) is 63.9 Å². The fourth-order valence-electron chi connectivity index (χ4n) is 2.01. The van der Waals surface area contributed by atoms with Crippen molar-refractivity contribution in [1.82, 2.24) is 5.32 Å². The maximum atomic E-state index is 8.80. The second-order valence-electron chi connectivity index (χ2n) is 4.68. The second-order valence-corrected chi connectivity index (χ2v) is 4.68. The van der Waals surface area contributed by atoms with E-state index in [0.717, 1.165) is 11.3 Å². The first kappa shape index (κ1) is 15.4. The van der Waals surface area contributed by atoms with E-state index in [2.05, 4.69) is 12.2 Å². The third-order valence-corrected chi connectivity index (χ3v) is 3.16. The third kappa shape index (κ3) is 4.24. The van der Waals surface area contributed by atoms with Crippen LogP contribution in [0.15, 0.2) is 41.0 Å². The summed E-state index contributed by atoms with van der Waals surface area (Å²) in [5, 5.41) is 12.2. The van der Waals surface area contributed by atoms with Crippen LogP contribution < -0.4 is 14.8 Å². The molecule has 0 amide bonds. The van der Waals surface area contributed by atoms with Gasteiger partial charge in [-0.1, -0.05) is 6.07 Å². The number of benzene rings is 1. The first-order valence-corrected chi connectivity index (χ1v) is 6.92. The Morgan fingerprint density at radius 3 is 2.81 bits per heavy atom. The quantitative estimate of drug-likeness (QED) is 0.782. The zero-order chi connectivity index (χ0) is 15.1. The standard InChI is InChI=1S/C16H21NO4/c1-12(14-4-3-8-20-14)17-11-13-5-6-15(21-9-7-18)16(10-13)19-2/h3-6,8,10,12,17-18H,7,9,11H2,1-2H3. The summed E-state index contributed by atoms with van der Waals surface area (Å²) >= 11 is 0. The van der Waals surface area contributed by atoms with E-state index in [-0.39, 0.29) is 19.3 Å². The van der Waals surface area contributed by atoms with Gasteiger partial charge in [0.1, 0.15) is 12.4 Å². The van der Waals surface area contributed by atoms with Crippen molar-refractivity contribution in [3.8, 4) is 11.5 Å². The van der Waals surface area contributed by atoms with E-state index < -0.39 is 0 Å². The lowest BCUT2D eigenvalue weighted by Gasteiger charge is -2.14. The minimum atomic E-state index is -0.0207. The third-order valence-electron chi connectivity index (χ3n) is 3.16. The molecular formula is C16H21NO4. The van der Waals surface area contributed by atoms with Crippen LogP contribution in [0.5, 0.6) is 11.5 Å². The van der Waals surface area contributed by atoms with Gasteiger partial charge in [-0.3, -0.25) is 0 Å². The Kier molecular flexibility index (Phi) is 5.66. The highest BCUT2D eigenvalue weighted by Gasteiger charge is 2.09. The van der Waals surface area contributed by atoms with Gasteiger partial charge in [0.15, 0.2) is 11.5 Å². The zero-order valence-electron chi connectivity index (χ0n) is 12.3. The molecule has 1 aromatic heterocycles. The van der Waals surface area contributed by atoms with Crippen molar-refractivity contribution in [2.45, 2.75) is 19.5 Å².